The van der Waals surface area contributed by atoms with Crippen molar-refractivity contribution in [3.05, 3.63) is 142 Å². The van der Waals surface area contributed by atoms with Crippen LogP contribution in [0.5, 0.6) is 0 Å². The second-order valence-corrected chi connectivity index (χ2v) is 10.3. The Morgan fingerprint density at radius 2 is 1.08 bits per heavy atom. The molecule has 0 fully saturated rings. The number of pyridine rings is 2. The number of hydrogen-bond acceptors (Lipinski definition) is 6. The van der Waals surface area contributed by atoms with E-state index < -0.39 is 35.4 Å². The third kappa shape index (κ3) is 8.86. The molecule has 0 spiro atoms. The Balaban J connectivity index is 0.000000255. The topological polar surface area (TPSA) is 128 Å². The molecule has 49 heavy (non-hydrogen) atoms. The van der Waals surface area contributed by atoms with E-state index in [-0.39, 0.29) is 40.6 Å². The standard InChI is InChI=1S/C17H13F3N2O2.C16H11F3N2O2.Na.H2O/c1-24-16(23)14-10-21-22-8-2-3-12(15(14)22)9-11-4-6-13(7-5-11)17(18,19)20;17-16(18,19)12-5-3-10(4-6-12)8-11-2-1-7-21-14(11)13(9-20-21)15(22)23;;/h2-8,10H,9H2,1H3;1-7,9H,8H2,(H,22,23);;1H2/q;;+1;/p-1. The number of carboxylic acids is 1. The molecular formula is C33H25F6N4NaO5. The normalized spacial score (nSPS) is 11.2. The molecule has 9 nitrogen and oxygen atoms in total. The van der Waals surface area contributed by atoms with E-state index in [1.165, 1.54) is 48.3 Å². The number of aromatic nitrogens is 4. The van der Waals surface area contributed by atoms with Crippen LogP contribution in [0.4, 0.5) is 26.3 Å². The second kappa shape index (κ2) is 15.7. The number of carbonyl (C=O) groups is 2. The van der Waals surface area contributed by atoms with Gasteiger partial charge in [-0.1, -0.05) is 36.4 Å². The molecule has 4 heterocycles. The minimum atomic E-state index is -4.37. The summed E-state index contributed by atoms with van der Waals surface area (Å²) in [5, 5.41) is 17.3. The summed E-state index contributed by atoms with van der Waals surface area (Å²) in [5.74, 6) is -1.61. The predicted octanol–water partition coefficient (Wildman–Crippen LogP) is 4.20. The van der Waals surface area contributed by atoms with Crippen LogP contribution in [0.3, 0.4) is 0 Å². The summed E-state index contributed by atoms with van der Waals surface area (Å²) >= 11 is 0. The molecule has 0 atom stereocenters. The Kier molecular flexibility index (Phi) is 12.4. The number of benzene rings is 2. The van der Waals surface area contributed by atoms with E-state index in [2.05, 4.69) is 10.2 Å². The molecule has 0 saturated carbocycles. The van der Waals surface area contributed by atoms with Gasteiger partial charge in [0.15, 0.2) is 0 Å². The van der Waals surface area contributed by atoms with Crippen molar-refractivity contribution in [3.63, 3.8) is 0 Å². The molecule has 0 unspecified atom stereocenters. The van der Waals surface area contributed by atoms with E-state index in [0.29, 0.717) is 46.1 Å². The number of fused-ring (bicyclic) bond motifs is 2. The monoisotopic (exact) mass is 694 g/mol. The van der Waals surface area contributed by atoms with Gasteiger partial charge in [0.05, 0.1) is 41.7 Å². The largest absolute Gasteiger partial charge is 1.00 e. The van der Waals surface area contributed by atoms with Crippen molar-refractivity contribution in [2.75, 3.05) is 7.11 Å². The molecular weight excluding hydrogens is 669 g/mol. The average molecular weight is 695 g/mol. The maximum atomic E-state index is 12.6. The van der Waals surface area contributed by atoms with Crippen LogP contribution in [0.25, 0.3) is 11.0 Å². The fourth-order valence-corrected chi connectivity index (χ4v) is 4.99. The van der Waals surface area contributed by atoms with Gasteiger partial charge in [-0.15, -0.1) is 0 Å². The van der Waals surface area contributed by atoms with Gasteiger partial charge in [-0.05, 0) is 71.5 Å². The van der Waals surface area contributed by atoms with Crippen molar-refractivity contribution in [2.45, 2.75) is 25.2 Å². The van der Waals surface area contributed by atoms with Crippen molar-refractivity contribution in [2.24, 2.45) is 0 Å². The maximum Gasteiger partial charge on any atom is 1.00 e. The Morgan fingerprint density at radius 3 is 1.45 bits per heavy atom. The van der Waals surface area contributed by atoms with Crippen LogP contribution in [0.2, 0.25) is 0 Å². The first kappa shape index (κ1) is 38.7. The Hall–Kier alpha value is -4.70. The molecule has 4 aromatic heterocycles. The van der Waals surface area contributed by atoms with Crippen LogP contribution < -0.4 is 29.6 Å². The third-order valence-corrected chi connectivity index (χ3v) is 7.24. The molecule has 0 saturated heterocycles. The first-order chi connectivity index (χ1) is 22.3. The molecule has 0 aliphatic carbocycles. The number of nitrogens with zero attached hydrogens (tertiary/aromatic N) is 4. The zero-order valence-corrected chi connectivity index (χ0v) is 27.8. The number of carboxylic acid groups (broad SMARTS) is 1. The first-order valence-corrected chi connectivity index (χ1v) is 13.8. The third-order valence-electron chi connectivity index (χ3n) is 7.24. The zero-order chi connectivity index (χ0) is 33.9. The van der Waals surface area contributed by atoms with Gasteiger partial charge in [-0.3, -0.25) is 0 Å². The molecule has 6 rings (SSSR count). The molecule has 0 radical (unpaired) electrons. The van der Waals surface area contributed by atoms with Gasteiger partial charge in [0.2, 0.25) is 0 Å². The van der Waals surface area contributed by atoms with Crippen molar-refractivity contribution < 1.29 is 80.8 Å². The molecule has 250 valence electrons. The quantitative estimate of drug-likeness (QED) is 0.157. The fourth-order valence-electron chi connectivity index (χ4n) is 4.99. The number of ether oxygens (including phenoxy) is 1. The molecule has 16 heteroatoms. The van der Waals surface area contributed by atoms with Crippen LogP contribution in [-0.4, -0.2) is 48.9 Å². The van der Waals surface area contributed by atoms with E-state index in [1.54, 1.807) is 41.2 Å². The van der Waals surface area contributed by atoms with Gasteiger partial charge in [-0.25, -0.2) is 18.6 Å². The number of rotatable bonds is 6. The Labute approximate surface area is 296 Å². The van der Waals surface area contributed by atoms with Crippen LogP contribution in [0.1, 0.15) is 54.1 Å². The molecule has 2 aromatic carbocycles. The summed E-state index contributed by atoms with van der Waals surface area (Å²) < 4.78 is 83.4. The van der Waals surface area contributed by atoms with E-state index in [1.807, 2.05) is 0 Å². The minimum Gasteiger partial charge on any atom is -0.870 e. The second-order valence-electron chi connectivity index (χ2n) is 10.3. The number of esters is 1. The number of halogens is 6. The van der Waals surface area contributed by atoms with Gasteiger partial charge in [0, 0.05) is 12.4 Å². The van der Waals surface area contributed by atoms with Crippen LogP contribution in [0.15, 0.2) is 97.6 Å². The van der Waals surface area contributed by atoms with Gasteiger partial charge in [-0.2, -0.15) is 36.5 Å². The van der Waals surface area contributed by atoms with Gasteiger partial charge in [0.25, 0.3) is 0 Å². The van der Waals surface area contributed by atoms with Crippen molar-refractivity contribution >= 4 is 23.0 Å². The molecule has 2 N–H and O–H groups in total. The van der Waals surface area contributed by atoms with Crippen molar-refractivity contribution in [1.82, 2.24) is 19.2 Å². The fraction of sp³-hybridized carbons (Fsp3) is 0.152. The SMILES string of the molecule is COC(=O)c1cnn2cccc(Cc3ccc(C(F)(F)F)cc3)c12.O=C(O)c1cnn2cccc(Cc3ccc(C(F)(F)F)cc3)c12.[Na+].[OH-]. The summed E-state index contributed by atoms with van der Waals surface area (Å²) in [6.45, 7) is 0. The summed E-state index contributed by atoms with van der Waals surface area (Å²) in [7, 11) is 1.28. The maximum absolute atomic E-state index is 12.6. The van der Waals surface area contributed by atoms with E-state index in [9.17, 15) is 41.0 Å². The van der Waals surface area contributed by atoms with Crippen molar-refractivity contribution in [1.29, 1.82) is 0 Å². The molecule has 0 amide bonds. The minimum absolute atomic E-state index is 0. The van der Waals surface area contributed by atoms with Gasteiger partial charge < -0.3 is 15.3 Å². The Bertz CT molecular complexity index is 2060. The first-order valence-electron chi connectivity index (χ1n) is 13.8. The van der Waals surface area contributed by atoms with Crippen LogP contribution in [-0.2, 0) is 29.9 Å². The number of carbonyl (C=O) groups excluding carboxylic acids is 1. The van der Waals surface area contributed by atoms with Gasteiger partial charge >= 0.3 is 53.8 Å². The summed E-state index contributed by atoms with van der Waals surface area (Å²) in [4.78, 5) is 23.1. The molecule has 6 aromatic rings. The zero-order valence-electron chi connectivity index (χ0n) is 25.8. The molecule has 0 aliphatic heterocycles. The number of hydrogen-bond donors (Lipinski definition) is 1. The average Bonchev–Trinajstić information content (AvgIpc) is 3.67. The van der Waals surface area contributed by atoms with E-state index >= 15 is 0 Å². The van der Waals surface area contributed by atoms with E-state index in [4.69, 9.17) is 4.74 Å². The summed E-state index contributed by atoms with van der Waals surface area (Å²) in [5.41, 5.74) is 2.82. The number of methoxy groups -OCH3 is 1. The number of alkyl halides is 6. The van der Waals surface area contributed by atoms with Crippen LogP contribution >= 0.6 is 0 Å². The molecule has 0 bridgehead atoms. The van der Waals surface area contributed by atoms with Gasteiger partial charge in [0.1, 0.15) is 11.1 Å². The summed E-state index contributed by atoms with van der Waals surface area (Å²) in [6.07, 6.45) is -2.06. The Morgan fingerprint density at radius 1 is 0.694 bits per heavy atom. The predicted molar refractivity (Wildman–Crippen MR) is 159 cm³/mol. The molecule has 0 aliphatic rings. The number of aromatic carboxylic acids is 1. The summed E-state index contributed by atoms with van der Waals surface area (Å²) in [6, 6.07) is 16.8. The van der Waals surface area contributed by atoms with E-state index in [0.717, 1.165) is 29.8 Å². The smallest absolute Gasteiger partial charge is 0.870 e. The van der Waals surface area contributed by atoms with Crippen molar-refractivity contribution in [3.8, 4) is 0 Å². The van der Waals surface area contributed by atoms with Crippen LogP contribution in [0, 0.1) is 0 Å².